The van der Waals surface area contributed by atoms with Crippen LogP contribution in [0.3, 0.4) is 0 Å². The van der Waals surface area contributed by atoms with Gasteiger partial charge in [-0.2, -0.15) is 0 Å². The smallest absolute Gasteiger partial charge is 0.234 e. The van der Waals surface area contributed by atoms with Gasteiger partial charge in [0.25, 0.3) is 0 Å². The summed E-state index contributed by atoms with van der Waals surface area (Å²) in [6.07, 6.45) is 5.32. The topological polar surface area (TPSA) is 46.1 Å². The van der Waals surface area contributed by atoms with Crippen molar-refractivity contribution in [2.75, 3.05) is 5.75 Å². The molecule has 1 atom stereocenters. The molecule has 1 amide bonds. The zero-order valence-electron chi connectivity index (χ0n) is 10.3. The van der Waals surface area contributed by atoms with Crippen LogP contribution in [0.25, 0.3) is 0 Å². The highest BCUT2D eigenvalue weighted by atomic mass is 32.2. The van der Waals surface area contributed by atoms with E-state index in [9.17, 15) is 4.79 Å². The van der Waals surface area contributed by atoms with Crippen molar-refractivity contribution in [1.29, 1.82) is 0 Å². The fourth-order valence-corrected chi connectivity index (χ4v) is 3.26. The minimum Gasteiger partial charge on any atom is -0.320 e. The molecular formula is C14H13N3OS. The van der Waals surface area contributed by atoms with Gasteiger partial charge in [-0.05, 0) is 18.2 Å². The highest BCUT2D eigenvalue weighted by Crippen LogP contribution is 2.38. The maximum absolute atomic E-state index is 12.0. The van der Waals surface area contributed by atoms with E-state index < -0.39 is 0 Å². The molecule has 1 unspecified atom stereocenters. The molecule has 4 nitrogen and oxygen atoms in total. The van der Waals surface area contributed by atoms with Gasteiger partial charge in [-0.1, -0.05) is 12.1 Å². The summed E-state index contributed by atoms with van der Waals surface area (Å²) in [6, 6.07) is 9.67. The molecule has 3 heterocycles. The molecule has 0 aliphatic carbocycles. The molecule has 0 aromatic carbocycles. The lowest BCUT2D eigenvalue weighted by molar-refractivity contribution is -0.128. The molecule has 2 aromatic rings. The molecule has 19 heavy (non-hydrogen) atoms. The number of aromatic nitrogens is 2. The number of nitrogens with zero attached hydrogens (tertiary/aromatic N) is 3. The zero-order valence-corrected chi connectivity index (χ0v) is 11.1. The second-order valence-corrected chi connectivity index (χ2v) is 5.36. The van der Waals surface area contributed by atoms with Crippen LogP contribution in [0.5, 0.6) is 0 Å². The van der Waals surface area contributed by atoms with Crippen molar-refractivity contribution in [3.8, 4) is 0 Å². The molecule has 1 saturated heterocycles. The molecule has 0 spiro atoms. The quantitative estimate of drug-likeness (QED) is 0.859. The summed E-state index contributed by atoms with van der Waals surface area (Å²) in [5, 5.41) is 0.0446. The molecule has 0 radical (unpaired) electrons. The first-order valence-corrected chi connectivity index (χ1v) is 7.10. The maximum Gasteiger partial charge on any atom is 0.234 e. The molecule has 1 aliphatic rings. The van der Waals surface area contributed by atoms with E-state index in [0.717, 1.165) is 11.3 Å². The lowest BCUT2D eigenvalue weighted by Gasteiger charge is -2.23. The highest BCUT2D eigenvalue weighted by Gasteiger charge is 2.32. The van der Waals surface area contributed by atoms with E-state index in [1.165, 1.54) is 0 Å². The van der Waals surface area contributed by atoms with Gasteiger partial charge in [-0.15, -0.1) is 11.8 Å². The van der Waals surface area contributed by atoms with Crippen LogP contribution in [0.1, 0.15) is 16.6 Å². The van der Waals surface area contributed by atoms with Crippen LogP contribution in [0, 0.1) is 0 Å². The second-order valence-electron chi connectivity index (χ2n) is 4.29. The molecule has 0 bridgehead atoms. The second kappa shape index (κ2) is 5.40. The number of amides is 1. The first kappa shape index (κ1) is 12.2. The Kier molecular flexibility index (Phi) is 3.46. The molecule has 0 saturated carbocycles. The highest BCUT2D eigenvalue weighted by molar-refractivity contribution is 8.00. The molecule has 0 N–H and O–H groups in total. The summed E-state index contributed by atoms with van der Waals surface area (Å²) in [6.45, 7) is 0.548. The Labute approximate surface area is 115 Å². The van der Waals surface area contributed by atoms with Gasteiger partial charge in [-0.25, -0.2) is 0 Å². The first-order chi connectivity index (χ1) is 9.34. The lowest BCUT2D eigenvalue weighted by atomic mass is 10.2. The standard InChI is InChI=1S/C14H13N3OS/c18-13-10-19-14(11-4-3-6-15-8-11)17(13)9-12-5-1-2-7-16-12/h1-8,14H,9-10H2. The number of thioether (sulfide) groups is 1. The van der Waals surface area contributed by atoms with Gasteiger partial charge in [-0.3, -0.25) is 14.8 Å². The molecule has 1 aliphatic heterocycles. The fraction of sp³-hybridized carbons (Fsp3) is 0.214. The third-order valence-corrected chi connectivity index (χ3v) is 4.25. The number of hydrogen-bond donors (Lipinski definition) is 0. The van der Waals surface area contributed by atoms with E-state index >= 15 is 0 Å². The Bertz CT molecular complexity index is 561. The Morgan fingerprint density at radius 1 is 1.26 bits per heavy atom. The molecule has 2 aromatic heterocycles. The number of rotatable bonds is 3. The van der Waals surface area contributed by atoms with Gasteiger partial charge >= 0.3 is 0 Å². The summed E-state index contributed by atoms with van der Waals surface area (Å²) in [7, 11) is 0. The number of carbonyl (C=O) groups is 1. The van der Waals surface area contributed by atoms with Gasteiger partial charge in [0.2, 0.25) is 5.91 Å². The van der Waals surface area contributed by atoms with Gasteiger partial charge in [0.1, 0.15) is 5.37 Å². The number of hydrogen-bond acceptors (Lipinski definition) is 4. The van der Waals surface area contributed by atoms with Crippen molar-refractivity contribution in [1.82, 2.24) is 14.9 Å². The van der Waals surface area contributed by atoms with Crippen LogP contribution in [-0.4, -0.2) is 26.5 Å². The molecule has 1 fully saturated rings. The van der Waals surface area contributed by atoms with E-state index in [4.69, 9.17) is 0 Å². The summed E-state index contributed by atoms with van der Waals surface area (Å²) < 4.78 is 0. The minimum absolute atomic E-state index is 0.0446. The van der Waals surface area contributed by atoms with Gasteiger partial charge in [0, 0.05) is 24.2 Å². The van der Waals surface area contributed by atoms with Gasteiger partial charge in [0.05, 0.1) is 18.0 Å². The van der Waals surface area contributed by atoms with Crippen molar-refractivity contribution in [3.63, 3.8) is 0 Å². The van der Waals surface area contributed by atoms with Crippen LogP contribution < -0.4 is 0 Å². The van der Waals surface area contributed by atoms with Crippen molar-refractivity contribution in [2.45, 2.75) is 11.9 Å². The summed E-state index contributed by atoms with van der Waals surface area (Å²) in [5.41, 5.74) is 1.97. The number of pyridine rings is 2. The van der Waals surface area contributed by atoms with Crippen molar-refractivity contribution < 1.29 is 4.79 Å². The average molecular weight is 271 g/mol. The van der Waals surface area contributed by atoms with E-state index in [1.807, 2.05) is 41.4 Å². The minimum atomic E-state index is 0.0446. The largest absolute Gasteiger partial charge is 0.320 e. The van der Waals surface area contributed by atoms with E-state index in [1.54, 1.807) is 24.2 Å². The normalized spacial score (nSPS) is 18.8. The van der Waals surface area contributed by atoms with Crippen molar-refractivity contribution in [3.05, 3.63) is 60.2 Å². The summed E-state index contributed by atoms with van der Waals surface area (Å²) >= 11 is 1.64. The lowest BCUT2D eigenvalue weighted by Crippen LogP contribution is -2.28. The van der Waals surface area contributed by atoms with Crippen LogP contribution in [0.15, 0.2) is 48.9 Å². The summed E-state index contributed by atoms with van der Waals surface area (Å²) in [5.74, 6) is 0.677. The van der Waals surface area contributed by atoms with Crippen LogP contribution in [-0.2, 0) is 11.3 Å². The molecule has 3 rings (SSSR count). The average Bonchev–Trinajstić information content (AvgIpc) is 2.82. The van der Waals surface area contributed by atoms with Gasteiger partial charge < -0.3 is 4.90 Å². The van der Waals surface area contributed by atoms with Crippen LogP contribution >= 0.6 is 11.8 Å². The molecule has 96 valence electrons. The molecular weight excluding hydrogens is 258 g/mol. The first-order valence-electron chi connectivity index (χ1n) is 6.05. The Hall–Kier alpha value is -1.88. The number of carbonyl (C=O) groups excluding carboxylic acids is 1. The van der Waals surface area contributed by atoms with Crippen molar-refractivity contribution >= 4 is 17.7 Å². The van der Waals surface area contributed by atoms with Crippen LogP contribution in [0.2, 0.25) is 0 Å². The SMILES string of the molecule is O=C1CSC(c2cccnc2)N1Cc1ccccn1. The van der Waals surface area contributed by atoms with Crippen molar-refractivity contribution in [2.24, 2.45) is 0 Å². The van der Waals surface area contributed by atoms with E-state index in [0.29, 0.717) is 12.3 Å². The third-order valence-electron chi connectivity index (χ3n) is 3.00. The monoisotopic (exact) mass is 271 g/mol. The van der Waals surface area contributed by atoms with E-state index in [-0.39, 0.29) is 11.3 Å². The third kappa shape index (κ3) is 2.61. The predicted octanol–water partition coefficient (Wildman–Crippen LogP) is 2.25. The Morgan fingerprint density at radius 2 is 2.21 bits per heavy atom. The maximum atomic E-state index is 12.0. The zero-order chi connectivity index (χ0) is 13.1. The Morgan fingerprint density at radius 3 is 2.95 bits per heavy atom. The van der Waals surface area contributed by atoms with Crippen LogP contribution in [0.4, 0.5) is 0 Å². The van der Waals surface area contributed by atoms with E-state index in [2.05, 4.69) is 9.97 Å². The molecule has 5 heteroatoms. The Balaban J connectivity index is 1.83. The predicted molar refractivity (Wildman–Crippen MR) is 74.2 cm³/mol. The fourth-order valence-electron chi connectivity index (χ4n) is 2.09. The van der Waals surface area contributed by atoms with Gasteiger partial charge in [0.15, 0.2) is 0 Å². The summed E-state index contributed by atoms with van der Waals surface area (Å²) in [4.78, 5) is 22.3.